The molecule has 1 nitrogen and oxygen atoms in total. The smallest absolute Gasteiger partial charge is 0.0888 e. The second kappa shape index (κ2) is 25.6. The Morgan fingerprint density at radius 1 is 0.448 bits per heavy atom. The average Bonchev–Trinajstić information content (AvgIpc) is 2.72. The van der Waals surface area contributed by atoms with Gasteiger partial charge in [0.2, 0.25) is 0 Å². The largest absolute Gasteiger partial charge is 0.499 e. The lowest BCUT2D eigenvalue weighted by Crippen LogP contribution is -1.95. The zero-order chi connectivity index (χ0) is 21.3. The maximum Gasteiger partial charge on any atom is 0.0888 e. The number of allylic oxidation sites excluding steroid dienone is 1. The molecule has 0 unspecified atom stereocenters. The lowest BCUT2D eigenvalue weighted by Gasteiger charge is -2.09. The molecule has 0 rings (SSSR count). The Balaban J connectivity index is 3.11. The van der Waals surface area contributed by atoms with Gasteiger partial charge in [0, 0.05) is 6.42 Å². The molecule has 0 aliphatic carbocycles. The van der Waals surface area contributed by atoms with Crippen LogP contribution in [-0.2, 0) is 4.74 Å². The van der Waals surface area contributed by atoms with E-state index in [-0.39, 0.29) is 0 Å². The first-order chi connectivity index (χ1) is 14.3. The highest BCUT2D eigenvalue weighted by Gasteiger charge is 1.98. The summed E-state index contributed by atoms with van der Waals surface area (Å²) in [5, 5.41) is 0. The molecule has 29 heavy (non-hydrogen) atoms. The molecule has 0 fully saturated rings. The van der Waals surface area contributed by atoms with E-state index >= 15 is 0 Å². The molecule has 0 aromatic heterocycles. The van der Waals surface area contributed by atoms with E-state index in [1.807, 2.05) is 0 Å². The monoisotopic (exact) mass is 408 g/mol. The fraction of sp³-hybridized carbons (Fsp3) is 0.929. The average molecular weight is 409 g/mol. The predicted molar refractivity (Wildman–Crippen MR) is 133 cm³/mol. The first kappa shape index (κ1) is 28.5. The van der Waals surface area contributed by atoms with Crippen molar-refractivity contribution in [3.63, 3.8) is 0 Å². The fourth-order valence-electron chi connectivity index (χ4n) is 4.04. The molecule has 0 aliphatic heterocycles. The summed E-state index contributed by atoms with van der Waals surface area (Å²) in [6.07, 6.45) is 31.8. The Morgan fingerprint density at radius 2 is 0.759 bits per heavy atom. The minimum Gasteiger partial charge on any atom is -0.499 e. The molecule has 0 amide bonds. The van der Waals surface area contributed by atoms with Gasteiger partial charge < -0.3 is 4.74 Å². The first-order valence-electron chi connectivity index (χ1n) is 13.6. The molecule has 1 heteroatoms. The number of hydrogen-bond acceptors (Lipinski definition) is 1. The van der Waals surface area contributed by atoms with Gasteiger partial charge in [0.05, 0.1) is 12.4 Å². The van der Waals surface area contributed by atoms with Crippen LogP contribution < -0.4 is 0 Å². The number of rotatable bonds is 25. The molecule has 0 saturated carbocycles. The second-order valence-corrected chi connectivity index (χ2v) is 9.21. The van der Waals surface area contributed by atoms with Gasteiger partial charge in [-0.1, -0.05) is 149 Å². The van der Waals surface area contributed by atoms with Crippen LogP contribution in [0.25, 0.3) is 0 Å². The molecule has 0 aromatic carbocycles. The van der Waals surface area contributed by atoms with Crippen molar-refractivity contribution in [2.24, 2.45) is 0 Å². The number of hydrogen-bond donors (Lipinski definition) is 0. The van der Waals surface area contributed by atoms with Crippen LogP contribution in [-0.4, -0.2) is 6.61 Å². The molecule has 0 spiro atoms. The van der Waals surface area contributed by atoms with Gasteiger partial charge in [-0.15, -0.1) is 0 Å². The summed E-state index contributed by atoms with van der Waals surface area (Å²) in [7, 11) is 0. The summed E-state index contributed by atoms with van der Waals surface area (Å²) in [5.74, 6) is 1.02. The van der Waals surface area contributed by atoms with Crippen molar-refractivity contribution in [3.05, 3.63) is 12.3 Å². The van der Waals surface area contributed by atoms with E-state index < -0.39 is 0 Å². The Kier molecular flexibility index (Phi) is 25.2. The summed E-state index contributed by atoms with van der Waals surface area (Å²) < 4.78 is 5.78. The number of ether oxygens (including phenoxy) is 1. The summed E-state index contributed by atoms with van der Waals surface area (Å²) in [4.78, 5) is 0. The molecule has 0 radical (unpaired) electrons. The minimum atomic E-state index is 0.879. The highest BCUT2D eigenvalue weighted by Crippen LogP contribution is 2.15. The van der Waals surface area contributed by atoms with Crippen LogP contribution in [0.4, 0.5) is 0 Å². The van der Waals surface area contributed by atoms with E-state index in [4.69, 9.17) is 4.74 Å². The Morgan fingerprint density at radius 3 is 1.14 bits per heavy atom. The van der Waals surface area contributed by atoms with Crippen molar-refractivity contribution in [3.8, 4) is 0 Å². The zero-order valence-electron chi connectivity index (χ0n) is 20.6. The van der Waals surface area contributed by atoms with Gasteiger partial charge >= 0.3 is 0 Å². The molecule has 0 bridgehead atoms. The summed E-state index contributed by atoms with van der Waals surface area (Å²) in [6, 6.07) is 0. The van der Waals surface area contributed by atoms with E-state index in [1.54, 1.807) is 0 Å². The molecule has 174 valence electrons. The van der Waals surface area contributed by atoms with Crippen molar-refractivity contribution < 1.29 is 4.74 Å². The van der Waals surface area contributed by atoms with Gasteiger partial charge in [-0.05, 0) is 12.8 Å². The fourth-order valence-corrected chi connectivity index (χ4v) is 4.04. The maximum atomic E-state index is 5.78. The highest BCUT2D eigenvalue weighted by atomic mass is 16.5. The summed E-state index contributed by atoms with van der Waals surface area (Å²) >= 11 is 0. The third-order valence-corrected chi connectivity index (χ3v) is 6.11. The van der Waals surface area contributed by atoms with E-state index in [1.165, 1.54) is 141 Å². The van der Waals surface area contributed by atoms with Gasteiger partial charge in [-0.2, -0.15) is 0 Å². The van der Waals surface area contributed by atoms with E-state index in [0.717, 1.165) is 18.8 Å². The Labute approximate surface area is 185 Å². The van der Waals surface area contributed by atoms with Gasteiger partial charge in [0.15, 0.2) is 0 Å². The van der Waals surface area contributed by atoms with Crippen LogP contribution in [0.1, 0.15) is 162 Å². The highest BCUT2D eigenvalue weighted by molar-refractivity contribution is 4.81. The van der Waals surface area contributed by atoms with Crippen LogP contribution in [0.5, 0.6) is 0 Å². The normalized spacial score (nSPS) is 11.1. The maximum absolute atomic E-state index is 5.78. The molecule has 0 atom stereocenters. The van der Waals surface area contributed by atoms with Crippen LogP contribution >= 0.6 is 0 Å². The Hall–Kier alpha value is -0.460. The van der Waals surface area contributed by atoms with Crippen molar-refractivity contribution in [2.45, 2.75) is 162 Å². The van der Waals surface area contributed by atoms with Crippen molar-refractivity contribution in [1.82, 2.24) is 0 Å². The predicted octanol–water partition coefficient (Wildman–Crippen LogP) is 10.5. The molecular formula is C28H56O. The topological polar surface area (TPSA) is 9.23 Å². The molecule has 0 saturated heterocycles. The van der Waals surface area contributed by atoms with E-state index in [9.17, 15) is 0 Å². The van der Waals surface area contributed by atoms with Crippen molar-refractivity contribution in [2.75, 3.05) is 6.61 Å². The summed E-state index contributed by atoms with van der Waals surface area (Å²) in [5.41, 5.74) is 0. The van der Waals surface area contributed by atoms with Gasteiger partial charge in [0.25, 0.3) is 0 Å². The SMILES string of the molecule is C=C(CCCCCCCCCCCCCCCCCC)OCCCCCCCC. The van der Waals surface area contributed by atoms with Gasteiger partial charge in [-0.3, -0.25) is 0 Å². The van der Waals surface area contributed by atoms with Crippen LogP contribution in [0.3, 0.4) is 0 Å². The quantitative estimate of drug-likeness (QED) is 0.108. The molecule has 0 aliphatic rings. The standard InChI is InChI=1S/C28H56O/c1-4-6-8-10-12-13-14-15-16-17-18-19-20-21-22-24-26-28(3)29-27-25-23-11-9-7-5-2/h3-27H2,1-2H3. The van der Waals surface area contributed by atoms with Gasteiger partial charge in [0.1, 0.15) is 0 Å². The van der Waals surface area contributed by atoms with Crippen molar-refractivity contribution >= 4 is 0 Å². The van der Waals surface area contributed by atoms with Crippen molar-refractivity contribution in [1.29, 1.82) is 0 Å². The molecular weight excluding hydrogens is 352 g/mol. The van der Waals surface area contributed by atoms with Crippen LogP contribution in [0, 0.1) is 0 Å². The molecule has 0 aromatic rings. The lowest BCUT2D eigenvalue weighted by atomic mass is 10.0. The first-order valence-corrected chi connectivity index (χ1v) is 13.6. The van der Waals surface area contributed by atoms with E-state index in [0.29, 0.717) is 0 Å². The Bertz CT molecular complexity index is 309. The summed E-state index contributed by atoms with van der Waals surface area (Å²) in [6.45, 7) is 9.53. The molecule has 0 N–H and O–H groups in total. The number of unbranched alkanes of at least 4 members (excludes halogenated alkanes) is 20. The zero-order valence-corrected chi connectivity index (χ0v) is 20.6. The third-order valence-electron chi connectivity index (χ3n) is 6.11. The second-order valence-electron chi connectivity index (χ2n) is 9.21. The van der Waals surface area contributed by atoms with Crippen LogP contribution in [0.15, 0.2) is 12.3 Å². The lowest BCUT2D eigenvalue weighted by molar-refractivity contribution is 0.195. The van der Waals surface area contributed by atoms with Crippen LogP contribution in [0.2, 0.25) is 0 Å². The van der Waals surface area contributed by atoms with Gasteiger partial charge in [-0.25, -0.2) is 0 Å². The van der Waals surface area contributed by atoms with E-state index in [2.05, 4.69) is 20.4 Å². The third kappa shape index (κ3) is 25.5. The minimum absolute atomic E-state index is 0.879. The molecule has 0 heterocycles.